The normalized spacial score (nSPS) is 10.8. The summed E-state index contributed by atoms with van der Waals surface area (Å²) < 4.78 is 0. The van der Waals surface area contributed by atoms with Crippen LogP contribution in [0.2, 0.25) is 0 Å². The van der Waals surface area contributed by atoms with Crippen LogP contribution in [-0.2, 0) is 25.7 Å². The number of aryl methyl sites for hydroxylation is 3. The molecule has 4 nitrogen and oxygen atoms in total. The van der Waals surface area contributed by atoms with Gasteiger partial charge in [0.05, 0.1) is 11.3 Å². The summed E-state index contributed by atoms with van der Waals surface area (Å²) in [5.74, 6) is -0.938. The Balaban J connectivity index is 1.70. The van der Waals surface area contributed by atoms with Crippen LogP contribution in [-0.4, -0.2) is 11.1 Å². The summed E-state index contributed by atoms with van der Waals surface area (Å²) in [6.45, 7) is 4.38. The highest BCUT2D eigenvalue weighted by atomic mass is 16.4. The lowest BCUT2D eigenvalue weighted by molar-refractivity contribution is 0.0698. The molecular weight excluding hydrogens is 384 g/mol. The Labute approximate surface area is 185 Å². The van der Waals surface area contributed by atoms with E-state index in [9.17, 15) is 9.90 Å². The van der Waals surface area contributed by atoms with Crippen molar-refractivity contribution in [2.75, 3.05) is 11.1 Å². The predicted octanol–water partition coefficient (Wildman–Crippen LogP) is 6.40. The highest BCUT2D eigenvalue weighted by molar-refractivity contribution is 5.95. The number of nitrogens with one attached hydrogen (secondary N) is 1. The second-order valence-corrected chi connectivity index (χ2v) is 7.95. The number of aromatic carboxylic acids is 1. The van der Waals surface area contributed by atoms with E-state index < -0.39 is 5.97 Å². The van der Waals surface area contributed by atoms with Crippen molar-refractivity contribution in [1.29, 1.82) is 0 Å². The molecule has 31 heavy (non-hydrogen) atoms. The van der Waals surface area contributed by atoms with Gasteiger partial charge in [0.1, 0.15) is 0 Å². The Kier molecular flexibility index (Phi) is 7.71. The summed E-state index contributed by atoms with van der Waals surface area (Å²) in [6, 6.07) is 19.6. The summed E-state index contributed by atoms with van der Waals surface area (Å²) in [5, 5.41) is 12.6. The third-order valence-electron chi connectivity index (χ3n) is 5.64. The fraction of sp³-hybridized carbons (Fsp3) is 0.296. The van der Waals surface area contributed by atoms with Gasteiger partial charge in [-0.15, -0.1) is 0 Å². The summed E-state index contributed by atoms with van der Waals surface area (Å²) >= 11 is 0. The van der Waals surface area contributed by atoms with Crippen molar-refractivity contribution in [2.24, 2.45) is 0 Å². The minimum Gasteiger partial charge on any atom is -0.478 e. The van der Waals surface area contributed by atoms with Crippen LogP contribution in [0.4, 0.5) is 17.1 Å². The number of para-hydroxylation sites is 1. The van der Waals surface area contributed by atoms with Crippen LogP contribution >= 0.6 is 0 Å². The first-order chi connectivity index (χ1) is 15.0. The fourth-order valence-corrected chi connectivity index (χ4v) is 3.99. The van der Waals surface area contributed by atoms with Gasteiger partial charge >= 0.3 is 5.97 Å². The van der Waals surface area contributed by atoms with E-state index in [-0.39, 0.29) is 5.56 Å². The molecule has 0 fully saturated rings. The van der Waals surface area contributed by atoms with Crippen molar-refractivity contribution >= 4 is 23.0 Å². The molecule has 4 heteroatoms. The quantitative estimate of drug-likeness (QED) is 0.334. The Morgan fingerprint density at radius 1 is 0.839 bits per heavy atom. The summed E-state index contributed by atoms with van der Waals surface area (Å²) in [4.78, 5) is 11.4. The van der Waals surface area contributed by atoms with E-state index in [0.717, 1.165) is 49.9 Å². The number of hydrogen-bond acceptors (Lipinski definition) is 3. The molecular formula is C27H32N2O2. The molecule has 0 spiro atoms. The van der Waals surface area contributed by atoms with Crippen molar-refractivity contribution in [2.45, 2.75) is 52.4 Å². The highest BCUT2D eigenvalue weighted by Gasteiger charge is 2.11. The largest absolute Gasteiger partial charge is 0.478 e. The smallest absolute Gasteiger partial charge is 0.337 e. The van der Waals surface area contributed by atoms with Crippen LogP contribution in [0, 0.1) is 0 Å². The highest BCUT2D eigenvalue weighted by Crippen LogP contribution is 2.27. The zero-order chi connectivity index (χ0) is 22.2. The van der Waals surface area contributed by atoms with Crippen LogP contribution < -0.4 is 11.1 Å². The summed E-state index contributed by atoms with van der Waals surface area (Å²) in [5.41, 5.74) is 14.4. The second-order valence-electron chi connectivity index (χ2n) is 7.95. The van der Waals surface area contributed by atoms with Crippen LogP contribution in [0.1, 0.15) is 59.3 Å². The molecule has 4 N–H and O–H groups in total. The number of rotatable bonds is 10. The summed E-state index contributed by atoms with van der Waals surface area (Å²) in [6.07, 6.45) is 6.14. The van der Waals surface area contributed by atoms with E-state index in [1.807, 2.05) is 18.2 Å². The van der Waals surface area contributed by atoms with Gasteiger partial charge in [-0.05, 0) is 72.2 Å². The van der Waals surface area contributed by atoms with Crippen molar-refractivity contribution in [3.63, 3.8) is 0 Å². The Morgan fingerprint density at radius 2 is 1.52 bits per heavy atom. The number of carboxylic acids is 1. The zero-order valence-electron chi connectivity index (χ0n) is 18.4. The van der Waals surface area contributed by atoms with E-state index in [1.54, 1.807) is 18.2 Å². The van der Waals surface area contributed by atoms with E-state index in [0.29, 0.717) is 5.69 Å². The molecule has 0 saturated heterocycles. The number of carboxylic acid groups (broad SMARTS) is 1. The van der Waals surface area contributed by atoms with Crippen LogP contribution in [0.25, 0.3) is 0 Å². The number of carbonyl (C=O) groups is 1. The minimum atomic E-state index is -0.938. The van der Waals surface area contributed by atoms with E-state index in [1.165, 1.54) is 22.3 Å². The van der Waals surface area contributed by atoms with Gasteiger partial charge < -0.3 is 16.2 Å². The second kappa shape index (κ2) is 10.7. The molecule has 0 aromatic heterocycles. The maximum absolute atomic E-state index is 11.4. The Hall–Kier alpha value is -3.27. The molecule has 0 heterocycles. The van der Waals surface area contributed by atoms with Gasteiger partial charge in [0.25, 0.3) is 0 Å². The molecule has 162 valence electrons. The van der Waals surface area contributed by atoms with Gasteiger partial charge in [0, 0.05) is 11.4 Å². The average molecular weight is 417 g/mol. The fourth-order valence-electron chi connectivity index (χ4n) is 3.99. The first-order valence-corrected chi connectivity index (χ1v) is 11.1. The zero-order valence-corrected chi connectivity index (χ0v) is 18.4. The van der Waals surface area contributed by atoms with E-state index >= 15 is 0 Å². The predicted molar refractivity (Wildman–Crippen MR) is 129 cm³/mol. The third-order valence-corrected chi connectivity index (χ3v) is 5.64. The first kappa shape index (κ1) is 22.4. The van der Waals surface area contributed by atoms with Crippen molar-refractivity contribution in [1.82, 2.24) is 0 Å². The van der Waals surface area contributed by atoms with Gasteiger partial charge in [-0.2, -0.15) is 0 Å². The van der Waals surface area contributed by atoms with Gasteiger partial charge in [-0.25, -0.2) is 4.79 Å². The standard InChI is InChI=1S/C27H32N2O2/c1-3-7-21-16-15-20(23(8-4-2)26(21)28)14-11-19-12-17-22(18-13-19)29-25-10-6-5-9-24(25)27(30)31/h5-6,9-10,12-13,15-18,29H,3-4,7-8,11,14,28H2,1-2H3,(H,30,31). The lowest BCUT2D eigenvalue weighted by Gasteiger charge is -2.16. The van der Waals surface area contributed by atoms with Gasteiger partial charge in [0.15, 0.2) is 0 Å². The van der Waals surface area contributed by atoms with Crippen molar-refractivity contribution < 1.29 is 9.90 Å². The topological polar surface area (TPSA) is 75.3 Å². The van der Waals surface area contributed by atoms with Crippen molar-refractivity contribution in [3.05, 3.63) is 88.5 Å². The van der Waals surface area contributed by atoms with Gasteiger partial charge in [-0.3, -0.25) is 0 Å². The lowest BCUT2D eigenvalue weighted by Crippen LogP contribution is -2.05. The lowest BCUT2D eigenvalue weighted by atomic mass is 9.92. The van der Waals surface area contributed by atoms with Gasteiger partial charge in [0.2, 0.25) is 0 Å². The van der Waals surface area contributed by atoms with Crippen molar-refractivity contribution in [3.8, 4) is 0 Å². The molecule has 3 aromatic rings. The van der Waals surface area contributed by atoms with E-state index in [2.05, 4.69) is 43.4 Å². The van der Waals surface area contributed by atoms with Crippen LogP contribution in [0.15, 0.2) is 60.7 Å². The molecule has 0 amide bonds. The third kappa shape index (κ3) is 5.66. The SMILES string of the molecule is CCCc1ccc(CCc2ccc(Nc3ccccc3C(=O)O)cc2)c(CCC)c1N. The number of anilines is 3. The Morgan fingerprint density at radius 3 is 2.19 bits per heavy atom. The minimum absolute atomic E-state index is 0.263. The number of nitrogen functional groups attached to an aromatic ring is 1. The molecule has 3 aromatic carbocycles. The van der Waals surface area contributed by atoms with Crippen LogP contribution in [0.3, 0.4) is 0 Å². The maximum atomic E-state index is 11.4. The monoisotopic (exact) mass is 416 g/mol. The molecule has 0 radical (unpaired) electrons. The van der Waals surface area contributed by atoms with Crippen LogP contribution in [0.5, 0.6) is 0 Å². The molecule has 0 aliphatic rings. The molecule has 0 atom stereocenters. The number of hydrogen-bond donors (Lipinski definition) is 3. The molecule has 3 rings (SSSR count). The average Bonchev–Trinajstić information content (AvgIpc) is 2.77. The molecule has 0 aliphatic carbocycles. The molecule has 0 unspecified atom stereocenters. The molecule has 0 saturated carbocycles. The maximum Gasteiger partial charge on any atom is 0.337 e. The van der Waals surface area contributed by atoms with Gasteiger partial charge in [-0.1, -0.05) is 63.1 Å². The molecule has 0 aliphatic heterocycles. The van der Waals surface area contributed by atoms with E-state index in [4.69, 9.17) is 5.73 Å². The first-order valence-electron chi connectivity index (χ1n) is 11.1. The number of benzene rings is 3. The molecule has 0 bridgehead atoms. The summed E-state index contributed by atoms with van der Waals surface area (Å²) in [7, 11) is 0. The Bertz CT molecular complexity index is 1030. The number of nitrogens with two attached hydrogens (primary N) is 1.